The molecular formula is C8H10N2O2S. The molecule has 0 aliphatic carbocycles. The number of rotatable bonds is 2. The molecule has 0 saturated heterocycles. The fraction of sp³-hybridized carbons (Fsp3) is 0.500. The van der Waals surface area contributed by atoms with Gasteiger partial charge in [0.1, 0.15) is 11.1 Å². The Hall–Kier alpha value is -0.960. The van der Waals surface area contributed by atoms with Crippen molar-refractivity contribution in [2.45, 2.75) is 26.1 Å². The van der Waals surface area contributed by atoms with Crippen LogP contribution >= 0.6 is 11.3 Å². The topological polar surface area (TPSA) is 77.1 Å². The summed E-state index contributed by atoms with van der Waals surface area (Å²) in [4.78, 5) is 5.02. The second kappa shape index (κ2) is 3.83. The maximum absolute atomic E-state index is 9.40. The lowest BCUT2D eigenvalue weighted by molar-refractivity contribution is 0.0525. The fourth-order valence-electron chi connectivity index (χ4n) is 0.830. The Kier molecular flexibility index (Phi) is 2.98. The van der Waals surface area contributed by atoms with Crippen LogP contribution in [0.4, 0.5) is 0 Å². The summed E-state index contributed by atoms with van der Waals surface area (Å²) in [7, 11) is 0. The van der Waals surface area contributed by atoms with Crippen molar-refractivity contribution >= 4 is 11.3 Å². The second-order valence-electron chi connectivity index (χ2n) is 2.71. The molecule has 0 saturated carbocycles. The van der Waals surface area contributed by atoms with Crippen LogP contribution in [0.5, 0.6) is 0 Å². The molecule has 0 radical (unpaired) electrons. The molecule has 13 heavy (non-hydrogen) atoms. The largest absolute Gasteiger partial charge is 0.382 e. The van der Waals surface area contributed by atoms with Crippen molar-refractivity contribution in [1.29, 1.82) is 5.26 Å². The molecule has 4 nitrogen and oxygen atoms in total. The van der Waals surface area contributed by atoms with Crippen LogP contribution in [0.1, 0.15) is 21.7 Å². The first-order valence-corrected chi connectivity index (χ1v) is 4.57. The first-order valence-electron chi connectivity index (χ1n) is 3.76. The molecule has 1 rings (SSSR count). The van der Waals surface area contributed by atoms with E-state index in [9.17, 15) is 5.11 Å². The van der Waals surface area contributed by atoms with Gasteiger partial charge in [-0.1, -0.05) is 0 Å². The third kappa shape index (κ3) is 2.04. The maximum Gasteiger partial charge on any atom is 0.172 e. The first kappa shape index (κ1) is 10.1. The van der Waals surface area contributed by atoms with E-state index in [-0.39, 0.29) is 0 Å². The minimum atomic E-state index is -1.40. The number of nitriles is 1. The third-order valence-electron chi connectivity index (χ3n) is 1.73. The van der Waals surface area contributed by atoms with Crippen molar-refractivity contribution in [2.75, 3.05) is 0 Å². The van der Waals surface area contributed by atoms with Crippen molar-refractivity contribution in [3.05, 3.63) is 15.6 Å². The Bertz CT molecular complexity index is 323. The number of hydrogen-bond acceptors (Lipinski definition) is 5. The molecule has 1 aromatic rings. The van der Waals surface area contributed by atoms with Crippen molar-refractivity contribution in [2.24, 2.45) is 0 Å². The first-order chi connectivity index (χ1) is 6.06. The molecule has 2 N–H and O–H groups in total. The lowest BCUT2D eigenvalue weighted by Gasteiger charge is -2.06. The number of hydrogen-bond donors (Lipinski definition) is 2. The average molecular weight is 198 g/mol. The summed E-state index contributed by atoms with van der Waals surface area (Å²) >= 11 is 1.29. The number of aliphatic hydroxyl groups is 2. The Labute approximate surface area is 80.1 Å². The van der Waals surface area contributed by atoms with Gasteiger partial charge in [-0.05, 0) is 13.8 Å². The van der Waals surface area contributed by atoms with E-state index < -0.39 is 12.2 Å². The lowest BCUT2D eigenvalue weighted by atomic mass is 10.2. The molecule has 0 aromatic carbocycles. The van der Waals surface area contributed by atoms with Crippen LogP contribution < -0.4 is 0 Å². The quantitative estimate of drug-likeness (QED) is 0.685. The lowest BCUT2D eigenvalue weighted by Crippen LogP contribution is -2.15. The smallest absolute Gasteiger partial charge is 0.172 e. The molecule has 1 aromatic heterocycles. The molecule has 70 valence electrons. The molecule has 0 fully saturated rings. The van der Waals surface area contributed by atoms with Gasteiger partial charge in [0.15, 0.2) is 6.10 Å². The van der Waals surface area contributed by atoms with Crippen molar-refractivity contribution in [3.8, 4) is 6.07 Å². The predicted molar refractivity (Wildman–Crippen MR) is 48.2 cm³/mol. The minimum Gasteiger partial charge on any atom is -0.382 e. The van der Waals surface area contributed by atoms with Gasteiger partial charge >= 0.3 is 0 Å². The highest BCUT2D eigenvalue weighted by atomic mass is 32.1. The minimum absolute atomic E-state index is 0.393. The molecule has 2 unspecified atom stereocenters. The van der Waals surface area contributed by atoms with Crippen LogP contribution in [0.2, 0.25) is 0 Å². The molecule has 1 heterocycles. The van der Waals surface area contributed by atoms with Gasteiger partial charge in [0.25, 0.3) is 0 Å². The van der Waals surface area contributed by atoms with Crippen LogP contribution in [-0.4, -0.2) is 21.3 Å². The van der Waals surface area contributed by atoms with Crippen LogP contribution in [0, 0.1) is 25.2 Å². The Morgan fingerprint density at radius 3 is 2.46 bits per heavy atom. The van der Waals surface area contributed by atoms with Crippen LogP contribution in [0.15, 0.2) is 0 Å². The highest BCUT2D eigenvalue weighted by Gasteiger charge is 2.21. The zero-order valence-electron chi connectivity index (χ0n) is 7.35. The molecular weight excluding hydrogens is 188 g/mol. The zero-order chi connectivity index (χ0) is 10.0. The van der Waals surface area contributed by atoms with E-state index in [0.717, 1.165) is 10.6 Å². The number of aryl methyl sites for hydroxylation is 2. The summed E-state index contributed by atoms with van der Waals surface area (Å²) in [5.74, 6) is 0. The number of aromatic nitrogens is 1. The van der Waals surface area contributed by atoms with Gasteiger partial charge in [0.2, 0.25) is 0 Å². The monoisotopic (exact) mass is 198 g/mol. The van der Waals surface area contributed by atoms with Crippen LogP contribution in [0.3, 0.4) is 0 Å². The third-order valence-corrected chi connectivity index (χ3v) is 2.87. The summed E-state index contributed by atoms with van der Waals surface area (Å²) in [6.07, 6.45) is -2.59. The van der Waals surface area contributed by atoms with E-state index in [0.29, 0.717) is 5.01 Å². The Balaban J connectivity index is 2.90. The van der Waals surface area contributed by atoms with E-state index in [1.54, 1.807) is 6.07 Å². The highest BCUT2D eigenvalue weighted by Crippen LogP contribution is 2.24. The number of nitrogens with zero attached hydrogens (tertiary/aromatic N) is 2. The normalized spacial score (nSPS) is 15.0. The van der Waals surface area contributed by atoms with E-state index >= 15 is 0 Å². The standard InChI is InChI=1S/C8H10N2O2S/c1-4-5(2)13-8(10-4)7(12)6(11)3-9/h6-7,11-12H,1-2H3. The molecule has 2 atom stereocenters. The van der Waals surface area contributed by atoms with Gasteiger partial charge in [-0.25, -0.2) is 4.98 Å². The van der Waals surface area contributed by atoms with Gasteiger partial charge in [0, 0.05) is 4.88 Å². The number of aliphatic hydroxyl groups excluding tert-OH is 2. The fourth-order valence-corrected chi connectivity index (χ4v) is 1.77. The SMILES string of the molecule is Cc1nc(C(O)C(O)C#N)sc1C. The van der Waals surface area contributed by atoms with Gasteiger partial charge in [-0.2, -0.15) is 5.26 Å². The Morgan fingerprint density at radius 1 is 1.46 bits per heavy atom. The van der Waals surface area contributed by atoms with E-state index in [4.69, 9.17) is 10.4 Å². The predicted octanol–water partition coefficient (Wildman–Crippen LogP) is 0.678. The van der Waals surface area contributed by atoms with Gasteiger partial charge in [0.05, 0.1) is 11.8 Å². The molecule has 0 aliphatic heterocycles. The Morgan fingerprint density at radius 2 is 2.08 bits per heavy atom. The maximum atomic E-state index is 9.40. The molecule has 0 bridgehead atoms. The summed E-state index contributed by atoms with van der Waals surface area (Å²) in [5, 5.41) is 27.2. The van der Waals surface area contributed by atoms with Crippen molar-refractivity contribution < 1.29 is 10.2 Å². The van der Waals surface area contributed by atoms with Gasteiger partial charge in [-0.3, -0.25) is 0 Å². The molecule has 0 spiro atoms. The molecule has 0 aliphatic rings. The van der Waals surface area contributed by atoms with E-state index in [1.807, 2.05) is 13.8 Å². The van der Waals surface area contributed by atoms with Gasteiger partial charge in [-0.15, -0.1) is 11.3 Å². The zero-order valence-corrected chi connectivity index (χ0v) is 8.17. The van der Waals surface area contributed by atoms with Crippen molar-refractivity contribution in [3.63, 3.8) is 0 Å². The van der Waals surface area contributed by atoms with Crippen LogP contribution in [-0.2, 0) is 0 Å². The summed E-state index contributed by atoms with van der Waals surface area (Å²) < 4.78 is 0. The average Bonchev–Trinajstić information content (AvgIpc) is 2.44. The summed E-state index contributed by atoms with van der Waals surface area (Å²) in [6.45, 7) is 3.70. The molecule has 5 heteroatoms. The summed E-state index contributed by atoms with van der Waals surface area (Å²) in [6, 6.07) is 1.56. The van der Waals surface area contributed by atoms with Gasteiger partial charge < -0.3 is 10.2 Å². The van der Waals surface area contributed by atoms with Crippen molar-refractivity contribution in [1.82, 2.24) is 4.98 Å². The van der Waals surface area contributed by atoms with E-state index in [1.165, 1.54) is 11.3 Å². The highest BCUT2D eigenvalue weighted by molar-refractivity contribution is 7.11. The second-order valence-corrected chi connectivity index (χ2v) is 3.95. The summed E-state index contributed by atoms with van der Waals surface area (Å²) in [5.41, 5.74) is 0.823. The molecule has 0 amide bonds. The van der Waals surface area contributed by atoms with Crippen LogP contribution in [0.25, 0.3) is 0 Å². The number of thiazole rings is 1. The van der Waals surface area contributed by atoms with E-state index in [2.05, 4.69) is 4.98 Å².